The van der Waals surface area contributed by atoms with Crippen molar-refractivity contribution in [2.24, 2.45) is 0 Å². The maximum atomic E-state index is 6.02. The third kappa shape index (κ3) is 2.74. The van der Waals surface area contributed by atoms with Crippen molar-refractivity contribution in [3.8, 4) is 5.75 Å². The van der Waals surface area contributed by atoms with Crippen LogP contribution in [-0.2, 0) is 5.75 Å². The van der Waals surface area contributed by atoms with Gasteiger partial charge in [-0.1, -0.05) is 23.9 Å². The van der Waals surface area contributed by atoms with Gasteiger partial charge in [0.2, 0.25) is 0 Å². The average molecular weight is 337 g/mol. The number of hydrogen-bond acceptors (Lipinski definition) is 6. The quantitative estimate of drug-likeness (QED) is 0.555. The molecule has 4 aromatic rings. The summed E-state index contributed by atoms with van der Waals surface area (Å²) >= 11 is 1.54. The number of imidazole rings is 1. The number of H-pyrrole nitrogens is 1. The summed E-state index contributed by atoms with van der Waals surface area (Å²) in [5.74, 6) is 2.58. The molecule has 0 amide bonds. The smallest absolute Gasteiger partial charge is 0.166 e. The van der Waals surface area contributed by atoms with Crippen molar-refractivity contribution >= 4 is 39.5 Å². The highest BCUT2D eigenvalue weighted by atomic mass is 32.2. The van der Waals surface area contributed by atoms with Crippen LogP contribution in [0.25, 0.3) is 21.9 Å². The van der Waals surface area contributed by atoms with Crippen molar-refractivity contribution in [3.05, 3.63) is 48.3 Å². The largest absolute Gasteiger partial charge is 0.497 e. The molecule has 6 nitrogen and oxygen atoms in total. The molecule has 0 aliphatic carbocycles. The van der Waals surface area contributed by atoms with Crippen LogP contribution in [0.2, 0.25) is 0 Å². The second-order valence-corrected chi connectivity index (χ2v) is 6.22. The Morgan fingerprint density at radius 1 is 1.08 bits per heavy atom. The Bertz CT molecular complexity index is 1030. The molecular weight excluding hydrogens is 322 g/mol. The molecule has 0 atom stereocenters. The summed E-state index contributed by atoms with van der Waals surface area (Å²) in [6.07, 6.45) is 0. The molecule has 2 aromatic carbocycles. The van der Waals surface area contributed by atoms with E-state index in [0.29, 0.717) is 17.4 Å². The number of rotatable bonds is 4. The van der Waals surface area contributed by atoms with Gasteiger partial charge < -0.3 is 15.5 Å². The van der Waals surface area contributed by atoms with Gasteiger partial charge in [0, 0.05) is 11.5 Å². The topological polar surface area (TPSA) is 89.7 Å². The molecule has 2 aromatic heterocycles. The predicted molar refractivity (Wildman–Crippen MR) is 96.2 cm³/mol. The van der Waals surface area contributed by atoms with Crippen LogP contribution in [0, 0.1) is 0 Å². The molecule has 0 bridgehead atoms. The second-order valence-electron chi connectivity index (χ2n) is 5.26. The fourth-order valence-electron chi connectivity index (χ4n) is 2.51. The molecule has 0 spiro atoms. The molecule has 3 N–H and O–H groups in total. The Kier molecular flexibility index (Phi) is 3.70. The van der Waals surface area contributed by atoms with Crippen molar-refractivity contribution in [3.63, 3.8) is 0 Å². The minimum Gasteiger partial charge on any atom is -0.497 e. The maximum Gasteiger partial charge on any atom is 0.166 e. The van der Waals surface area contributed by atoms with Crippen LogP contribution in [0.1, 0.15) is 5.82 Å². The van der Waals surface area contributed by atoms with Gasteiger partial charge in [-0.25, -0.2) is 15.0 Å². The van der Waals surface area contributed by atoms with Gasteiger partial charge in [-0.3, -0.25) is 0 Å². The van der Waals surface area contributed by atoms with Crippen molar-refractivity contribution in [1.82, 2.24) is 19.9 Å². The molecule has 2 heterocycles. The molecule has 0 fully saturated rings. The van der Waals surface area contributed by atoms with Crippen LogP contribution in [0.4, 0.5) is 5.82 Å². The number of methoxy groups -OCH3 is 1. The Hall–Kier alpha value is -2.80. The summed E-state index contributed by atoms with van der Waals surface area (Å²) in [7, 11) is 1.65. The molecule has 0 radical (unpaired) electrons. The first-order valence-corrected chi connectivity index (χ1v) is 8.39. The van der Waals surface area contributed by atoms with Crippen molar-refractivity contribution in [2.45, 2.75) is 10.9 Å². The molecular formula is C17H15N5OS. The SMILES string of the molecule is COc1ccc2nc(SCc3nc(N)c4ccccc4n3)[nH]c2c1. The van der Waals surface area contributed by atoms with Crippen LogP contribution < -0.4 is 10.5 Å². The van der Waals surface area contributed by atoms with Crippen molar-refractivity contribution in [1.29, 1.82) is 0 Å². The summed E-state index contributed by atoms with van der Waals surface area (Å²) < 4.78 is 5.23. The number of para-hydroxylation sites is 1. The first-order chi connectivity index (χ1) is 11.7. The number of ether oxygens (including phenoxy) is 1. The van der Waals surface area contributed by atoms with Gasteiger partial charge >= 0.3 is 0 Å². The zero-order valence-electron chi connectivity index (χ0n) is 13.0. The van der Waals surface area contributed by atoms with E-state index >= 15 is 0 Å². The van der Waals surface area contributed by atoms with Crippen molar-refractivity contribution in [2.75, 3.05) is 12.8 Å². The van der Waals surface area contributed by atoms with E-state index in [1.165, 1.54) is 0 Å². The average Bonchev–Trinajstić information content (AvgIpc) is 3.02. The molecule has 0 saturated carbocycles. The summed E-state index contributed by atoms with van der Waals surface area (Å²) in [4.78, 5) is 16.8. The molecule has 0 aliphatic heterocycles. The number of hydrogen-bond donors (Lipinski definition) is 2. The first kappa shape index (κ1) is 14.8. The molecule has 24 heavy (non-hydrogen) atoms. The minimum atomic E-state index is 0.505. The molecule has 4 rings (SSSR count). The molecule has 0 aliphatic rings. The minimum absolute atomic E-state index is 0.505. The van der Waals surface area contributed by atoms with Crippen LogP contribution in [0.3, 0.4) is 0 Å². The number of nitrogen functional groups attached to an aromatic ring is 1. The Morgan fingerprint density at radius 2 is 1.96 bits per heavy atom. The highest BCUT2D eigenvalue weighted by Crippen LogP contribution is 2.26. The number of aromatic amines is 1. The number of anilines is 1. The lowest BCUT2D eigenvalue weighted by Crippen LogP contribution is -1.99. The van der Waals surface area contributed by atoms with Gasteiger partial charge in [0.15, 0.2) is 5.16 Å². The summed E-state index contributed by atoms with van der Waals surface area (Å²) in [5, 5.41) is 1.69. The molecule has 0 unspecified atom stereocenters. The number of nitrogens with one attached hydrogen (secondary N) is 1. The number of nitrogens with two attached hydrogens (primary N) is 1. The van der Waals surface area contributed by atoms with Gasteiger partial charge in [-0.05, 0) is 24.3 Å². The molecule has 7 heteroatoms. The van der Waals surface area contributed by atoms with E-state index in [1.807, 2.05) is 42.5 Å². The number of fused-ring (bicyclic) bond motifs is 2. The van der Waals surface area contributed by atoms with E-state index in [0.717, 1.165) is 32.8 Å². The summed E-state index contributed by atoms with van der Waals surface area (Å²) in [6, 6.07) is 13.5. The number of nitrogens with zero attached hydrogens (tertiary/aromatic N) is 3. The van der Waals surface area contributed by atoms with Gasteiger partial charge in [-0.2, -0.15) is 0 Å². The van der Waals surface area contributed by atoms with Gasteiger partial charge in [0.05, 0.1) is 29.4 Å². The predicted octanol–water partition coefficient (Wildman–Crippen LogP) is 3.39. The Morgan fingerprint density at radius 3 is 2.83 bits per heavy atom. The number of thioether (sulfide) groups is 1. The fraction of sp³-hybridized carbons (Fsp3) is 0.118. The third-order valence-electron chi connectivity index (χ3n) is 3.68. The highest BCUT2D eigenvalue weighted by molar-refractivity contribution is 7.98. The van der Waals surface area contributed by atoms with E-state index in [4.69, 9.17) is 10.5 Å². The normalized spacial score (nSPS) is 11.2. The monoisotopic (exact) mass is 337 g/mol. The van der Waals surface area contributed by atoms with Gasteiger partial charge in [0.1, 0.15) is 17.4 Å². The van der Waals surface area contributed by atoms with Gasteiger partial charge in [0.25, 0.3) is 0 Å². The van der Waals surface area contributed by atoms with E-state index in [2.05, 4.69) is 19.9 Å². The zero-order valence-corrected chi connectivity index (χ0v) is 13.8. The Balaban J connectivity index is 1.58. The summed E-state index contributed by atoms with van der Waals surface area (Å²) in [6.45, 7) is 0. The van der Waals surface area contributed by atoms with Gasteiger partial charge in [-0.15, -0.1) is 0 Å². The Labute approximate surface area is 142 Å². The second kappa shape index (κ2) is 6.01. The zero-order chi connectivity index (χ0) is 16.5. The van der Waals surface area contributed by atoms with E-state index in [1.54, 1.807) is 18.9 Å². The lowest BCUT2D eigenvalue weighted by Gasteiger charge is -2.04. The van der Waals surface area contributed by atoms with Crippen LogP contribution in [-0.4, -0.2) is 27.0 Å². The first-order valence-electron chi connectivity index (χ1n) is 7.40. The van der Waals surface area contributed by atoms with Crippen molar-refractivity contribution < 1.29 is 4.74 Å². The fourth-order valence-corrected chi connectivity index (χ4v) is 3.25. The number of benzene rings is 2. The third-order valence-corrected chi connectivity index (χ3v) is 4.55. The lowest BCUT2D eigenvalue weighted by molar-refractivity contribution is 0.415. The van der Waals surface area contributed by atoms with E-state index < -0.39 is 0 Å². The van der Waals surface area contributed by atoms with Crippen LogP contribution in [0.5, 0.6) is 5.75 Å². The highest BCUT2D eigenvalue weighted by Gasteiger charge is 2.08. The van der Waals surface area contributed by atoms with E-state index in [9.17, 15) is 0 Å². The van der Waals surface area contributed by atoms with Crippen LogP contribution in [0.15, 0.2) is 47.6 Å². The summed E-state index contributed by atoms with van der Waals surface area (Å²) in [5.41, 5.74) is 8.72. The lowest BCUT2D eigenvalue weighted by atomic mass is 10.2. The van der Waals surface area contributed by atoms with Crippen LogP contribution >= 0.6 is 11.8 Å². The van der Waals surface area contributed by atoms with E-state index in [-0.39, 0.29) is 0 Å². The molecule has 0 saturated heterocycles. The number of aromatic nitrogens is 4. The maximum absolute atomic E-state index is 6.02. The molecule has 120 valence electrons. The standard InChI is InChI=1S/C17H15N5OS/c1-23-10-6-7-13-14(8-10)21-17(20-13)24-9-15-19-12-5-3-2-4-11(12)16(18)22-15/h2-8H,9H2,1H3,(H,20,21)(H2,18,19,22).